The van der Waals surface area contributed by atoms with Crippen molar-refractivity contribution in [3.63, 3.8) is 0 Å². The molecule has 0 aromatic heterocycles. The summed E-state index contributed by atoms with van der Waals surface area (Å²) < 4.78 is 62.5. The van der Waals surface area contributed by atoms with E-state index in [-0.39, 0.29) is 42.0 Å². The fourth-order valence-electron chi connectivity index (χ4n) is 3.57. The van der Waals surface area contributed by atoms with Crippen LogP contribution in [0.4, 0.5) is 18.9 Å². The lowest BCUT2D eigenvalue weighted by molar-refractivity contribution is -0.135. The summed E-state index contributed by atoms with van der Waals surface area (Å²) in [5, 5.41) is 0. The van der Waals surface area contributed by atoms with Gasteiger partial charge in [-0.15, -0.1) is 0 Å². The predicted octanol–water partition coefficient (Wildman–Crippen LogP) is 3.64. The maximum Gasteiger partial charge on any atom is 0.389 e. The summed E-state index contributed by atoms with van der Waals surface area (Å²) in [6, 6.07) is 11.5. The third-order valence-corrected chi connectivity index (χ3v) is 7.00. The van der Waals surface area contributed by atoms with Gasteiger partial charge >= 0.3 is 6.18 Å². The van der Waals surface area contributed by atoms with Crippen molar-refractivity contribution in [2.24, 2.45) is 5.73 Å². The zero-order chi connectivity index (χ0) is 23.5. The van der Waals surface area contributed by atoms with Crippen molar-refractivity contribution in [3.05, 3.63) is 59.7 Å². The quantitative estimate of drug-likeness (QED) is 0.494. The van der Waals surface area contributed by atoms with Crippen LogP contribution in [0.2, 0.25) is 0 Å². The molecule has 1 atom stereocenters. The van der Waals surface area contributed by atoms with Crippen molar-refractivity contribution in [3.8, 4) is 0 Å². The van der Waals surface area contributed by atoms with Crippen LogP contribution in [-0.2, 0) is 21.2 Å². The molecule has 0 fully saturated rings. The summed E-state index contributed by atoms with van der Waals surface area (Å²) in [6.45, 7) is 0.0547. The van der Waals surface area contributed by atoms with Crippen LogP contribution in [0.1, 0.15) is 41.6 Å². The third kappa shape index (κ3) is 5.74. The molecule has 0 unspecified atom stereocenters. The number of carbonyl (C=O) groups is 2. The topological polar surface area (TPSA) is 97.5 Å². The standard InChI is InChI=1S/C22H23F3N2O4S/c23-22(24,25)11-5-4-8-19(28)16-9-10-20-18(12-16)27(13-15-6-2-1-3-7-15)21(29)17(26)14-32(20,30)31/h1-3,6-7,9-10,12,17H,4-5,8,11,13-14,26H2/t17-/m0/s1. The fourth-order valence-corrected chi connectivity index (χ4v) is 5.12. The Bertz CT molecular complexity index is 1100. The summed E-state index contributed by atoms with van der Waals surface area (Å²) >= 11 is 0. The second kappa shape index (κ2) is 9.41. The number of alkyl halides is 3. The Balaban J connectivity index is 1.92. The number of hydrogen-bond acceptors (Lipinski definition) is 5. The van der Waals surface area contributed by atoms with Crippen molar-refractivity contribution < 1.29 is 31.2 Å². The zero-order valence-corrected chi connectivity index (χ0v) is 18.0. The van der Waals surface area contributed by atoms with E-state index in [4.69, 9.17) is 5.73 Å². The smallest absolute Gasteiger partial charge is 0.319 e. The predicted molar refractivity (Wildman–Crippen MR) is 113 cm³/mol. The molecule has 6 nitrogen and oxygen atoms in total. The van der Waals surface area contributed by atoms with E-state index in [2.05, 4.69) is 0 Å². The number of unbranched alkanes of at least 4 members (excludes halogenated alkanes) is 1. The molecule has 2 aromatic carbocycles. The molecule has 0 radical (unpaired) electrons. The van der Waals surface area contributed by atoms with E-state index in [1.807, 2.05) is 0 Å². The molecule has 10 heteroatoms. The van der Waals surface area contributed by atoms with Crippen LogP contribution in [0, 0.1) is 0 Å². The van der Waals surface area contributed by atoms with E-state index in [9.17, 15) is 31.2 Å². The summed E-state index contributed by atoms with van der Waals surface area (Å²) in [5.41, 5.74) is 6.78. The SMILES string of the molecule is N[C@H]1CS(=O)(=O)c2ccc(C(=O)CCCCC(F)(F)F)cc2N(Cc2ccccc2)C1=O. The largest absolute Gasteiger partial charge is 0.389 e. The second-order valence-electron chi connectivity index (χ2n) is 7.73. The molecule has 2 aromatic rings. The highest BCUT2D eigenvalue weighted by molar-refractivity contribution is 7.91. The summed E-state index contributed by atoms with van der Waals surface area (Å²) in [6.07, 6.45) is -5.50. The number of Topliss-reactive ketones (excluding diaryl/α,β-unsaturated/α-hetero) is 1. The first-order valence-electron chi connectivity index (χ1n) is 10.1. The summed E-state index contributed by atoms with van der Waals surface area (Å²) in [4.78, 5) is 26.6. The number of nitrogens with two attached hydrogens (primary N) is 1. The highest BCUT2D eigenvalue weighted by Gasteiger charge is 2.36. The number of halogens is 3. The van der Waals surface area contributed by atoms with Crippen LogP contribution in [0.25, 0.3) is 0 Å². The lowest BCUT2D eigenvalue weighted by Crippen LogP contribution is -2.45. The molecule has 172 valence electrons. The van der Waals surface area contributed by atoms with E-state index in [0.29, 0.717) is 0 Å². The lowest BCUT2D eigenvalue weighted by atomic mass is 10.0. The van der Waals surface area contributed by atoms with Gasteiger partial charge in [0.2, 0.25) is 5.91 Å². The van der Waals surface area contributed by atoms with Crippen molar-refractivity contribution in [2.75, 3.05) is 10.7 Å². The maximum atomic E-state index is 12.9. The average molecular weight is 468 g/mol. The number of ketones is 1. The maximum absolute atomic E-state index is 12.9. The molecular weight excluding hydrogens is 445 g/mol. The minimum absolute atomic E-state index is 0.0469. The number of amides is 1. The fraction of sp³-hybridized carbons (Fsp3) is 0.364. The van der Waals surface area contributed by atoms with E-state index in [0.717, 1.165) is 5.56 Å². The molecule has 3 rings (SSSR count). The number of nitrogens with zero attached hydrogens (tertiary/aromatic N) is 1. The van der Waals surface area contributed by atoms with Gasteiger partial charge in [-0.2, -0.15) is 13.2 Å². The highest BCUT2D eigenvalue weighted by atomic mass is 32.2. The van der Waals surface area contributed by atoms with Gasteiger partial charge in [0, 0.05) is 18.4 Å². The van der Waals surface area contributed by atoms with Crippen LogP contribution in [0.15, 0.2) is 53.4 Å². The summed E-state index contributed by atoms with van der Waals surface area (Å²) in [5.74, 6) is -1.58. The Hall–Kier alpha value is -2.72. The van der Waals surface area contributed by atoms with Gasteiger partial charge in [-0.05, 0) is 36.6 Å². The normalized spacial score (nSPS) is 18.2. The molecule has 1 aliphatic rings. The molecule has 1 amide bonds. The van der Waals surface area contributed by atoms with E-state index in [1.165, 1.54) is 23.1 Å². The molecule has 0 saturated heterocycles. The molecule has 32 heavy (non-hydrogen) atoms. The number of fused-ring (bicyclic) bond motifs is 1. The van der Waals surface area contributed by atoms with Crippen molar-refractivity contribution >= 4 is 27.2 Å². The van der Waals surface area contributed by atoms with Gasteiger partial charge in [-0.1, -0.05) is 30.3 Å². The Morgan fingerprint density at radius 1 is 1.09 bits per heavy atom. The molecular formula is C22H23F3N2O4S. The van der Waals surface area contributed by atoms with Gasteiger partial charge in [-0.3, -0.25) is 9.59 Å². The monoisotopic (exact) mass is 468 g/mol. The van der Waals surface area contributed by atoms with Gasteiger partial charge in [0.05, 0.1) is 28.9 Å². The van der Waals surface area contributed by atoms with Gasteiger partial charge in [0.15, 0.2) is 15.6 Å². The van der Waals surface area contributed by atoms with Crippen molar-refractivity contribution in [2.45, 2.75) is 49.3 Å². The Kier molecular flexibility index (Phi) is 7.04. The minimum Gasteiger partial charge on any atom is -0.319 e. The number of anilines is 1. The van der Waals surface area contributed by atoms with Crippen LogP contribution in [-0.4, -0.2) is 38.1 Å². The van der Waals surface area contributed by atoms with Gasteiger partial charge in [0.1, 0.15) is 0 Å². The van der Waals surface area contributed by atoms with Crippen LogP contribution >= 0.6 is 0 Å². The lowest BCUT2D eigenvalue weighted by Gasteiger charge is -2.24. The number of rotatable bonds is 7. The first kappa shape index (κ1) is 23.9. The van der Waals surface area contributed by atoms with E-state index in [1.54, 1.807) is 30.3 Å². The number of sulfone groups is 1. The molecule has 1 heterocycles. The average Bonchev–Trinajstić information content (AvgIpc) is 2.79. The van der Waals surface area contributed by atoms with Crippen LogP contribution in [0.3, 0.4) is 0 Å². The number of hydrogen-bond donors (Lipinski definition) is 1. The first-order valence-corrected chi connectivity index (χ1v) is 11.7. The molecule has 1 aliphatic heterocycles. The van der Waals surface area contributed by atoms with Gasteiger partial charge in [0.25, 0.3) is 0 Å². The molecule has 0 saturated carbocycles. The zero-order valence-electron chi connectivity index (χ0n) is 17.1. The van der Waals surface area contributed by atoms with Crippen LogP contribution < -0.4 is 10.6 Å². The first-order chi connectivity index (χ1) is 15.0. The van der Waals surface area contributed by atoms with Crippen LogP contribution in [0.5, 0.6) is 0 Å². The van der Waals surface area contributed by atoms with E-state index >= 15 is 0 Å². The van der Waals surface area contributed by atoms with Crippen molar-refractivity contribution in [1.29, 1.82) is 0 Å². The Morgan fingerprint density at radius 3 is 2.44 bits per heavy atom. The number of carbonyl (C=O) groups excluding carboxylic acids is 2. The third-order valence-electron chi connectivity index (χ3n) is 5.19. The van der Waals surface area contributed by atoms with E-state index < -0.39 is 45.9 Å². The Labute approximate surface area is 184 Å². The Morgan fingerprint density at radius 2 is 1.78 bits per heavy atom. The van der Waals surface area contributed by atoms with Crippen molar-refractivity contribution in [1.82, 2.24) is 0 Å². The molecule has 0 spiro atoms. The summed E-state index contributed by atoms with van der Waals surface area (Å²) in [7, 11) is -3.89. The second-order valence-corrected chi connectivity index (χ2v) is 9.73. The minimum atomic E-state index is -4.28. The van der Waals surface area contributed by atoms with Gasteiger partial charge < -0.3 is 10.6 Å². The highest BCUT2D eigenvalue weighted by Crippen LogP contribution is 2.33. The van der Waals surface area contributed by atoms with Gasteiger partial charge in [-0.25, -0.2) is 8.42 Å². The molecule has 0 aliphatic carbocycles. The number of benzene rings is 2. The molecule has 0 bridgehead atoms. The molecule has 2 N–H and O–H groups in total.